The molecule has 6 heteroatoms. The molecule has 3 rings (SSSR count). The molecule has 0 aromatic heterocycles. The second-order valence-corrected chi connectivity index (χ2v) is 6.55. The van der Waals surface area contributed by atoms with Crippen molar-refractivity contribution in [3.05, 3.63) is 47.5 Å². The molecule has 0 spiro atoms. The van der Waals surface area contributed by atoms with Gasteiger partial charge in [-0.2, -0.15) is 0 Å². The van der Waals surface area contributed by atoms with Crippen LogP contribution in [0.1, 0.15) is 36.7 Å². The predicted molar refractivity (Wildman–Crippen MR) is 99.1 cm³/mol. The van der Waals surface area contributed by atoms with Crippen molar-refractivity contribution in [1.82, 2.24) is 0 Å². The zero-order chi connectivity index (χ0) is 18.8. The molecule has 1 aliphatic heterocycles. The van der Waals surface area contributed by atoms with Crippen molar-refractivity contribution in [2.45, 2.75) is 27.2 Å². The summed E-state index contributed by atoms with van der Waals surface area (Å²) in [5.74, 6) is 1.42. The Kier molecular flexibility index (Phi) is 4.84. The molecule has 1 aliphatic rings. The van der Waals surface area contributed by atoms with Gasteiger partial charge in [0.1, 0.15) is 11.5 Å². The lowest BCUT2D eigenvalue weighted by molar-refractivity contribution is 0.0986. The minimum absolute atomic E-state index is 0.182. The maximum Gasteiger partial charge on any atom is 0.409 e. The molecule has 2 N–H and O–H groups in total. The van der Waals surface area contributed by atoms with Gasteiger partial charge in [0.2, 0.25) is 0 Å². The average molecular weight is 354 g/mol. The van der Waals surface area contributed by atoms with Crippen molar-refractivity contribution in [2.75, 3.05) is 11.4 Å². The summed E-state index contributed by atoms with van der Waals surface area (Å²) in [6.45, 7) is 6.45. The molecule has 2 aromatic rings. The van der Waals surface area contributed by atoms with E-state index in [0.717, 1.165) is 0 Å². The fourth-order valence-electron chi connectivity index (χ4n) is 3.18. The number of anilines is 1. The summed E-state index contributed by atoms with van der Waals surface area (Å²) in [7, 11) is 0. The lowest BCUT2D eigenvalue weighted by Crippen LogP contribution is -2.31. The Balaban J connectivity index is 2.23. The van der Waals surface area contributed by atoms with Crippen LogP contribution in [0.2, 0.25) is 0 Å². The highest BCUT2D eigenvalue weighted by atomic mass is 16.5. The van der Waals surface area contributed by atoms with Crippen molar-refractivity contribution in [3.63, 3.8) is 0 Å². The van der Waals surface area contributed by atoms with E-state index in [4.69, 9.17) is 15.2 Å². The quantitative estimate of drug-likeness (QED) is 0.895. The Labute approximate surface area is 152 Å². The minimum Gasteiger partial charge on any atom is -0.454 e. The smallest absolute Gasteiger partial charge is 0.409 e. The summed E-state index contributed by atoms with van der Waals surface area (Å²) in [5, 5.41) is 0. The Bertz CT molecular complexity index is 861. The van der Waals surface area contributed by atoms with Gasteiger partial charge in [-0.05, 0) is 43.5 Å². The van der Waals surface area contributed by atoms with E-state index in [1.54, 1.807) is 17.0 Å². The Morgan fingerprint density at radius 1 is 1.19 bits per heavy atom. The van der Waals surface area contributed by atoms with E-state index in [1.807, 2.05) is 45.0 Å². The van der Waals surface area contributed by atoms with Crippen molar-refractivity contribution in [3.8, 4) is 17.2 Å². The Morgan fingerprint density at radius 2 is 1.92 bits per heavy atom. The van der Waals surface area contributed by atoms with Gasteiger partial charge in [0.05, 0.1) is 11.3 Å². The molecule has 0 fully saturated rings. The first-order valence-corrected chi connectivity index (χ1v) is 8.64. The van der Waals surface area contributed by atoms with Gasteiger partial charge in [0, 0.05) is 12.1 Å². The fraction of sp³-hybridized carbons (Fsp3) is 0.300. The highest BCUT2D eigenvalue weighted by Crippen LogP contribution is 2.42. The normalized spacial score (nSPS) is 12.9. The van der Waals surface area contributed by atoms with E-state index in [0.29, 0.717) is 47.0 Å². The third-order valence-electron chi connectivity index (χ3n) is 4.21. The largest absolute Gasteiger partial charge is 0.454 e. The number of para-hydroxylation sites is 2. The van der Waals surface area contributed by atoms with Crippen LogP contribution in [-0.2, 0) is 6.42 Å². The molecular formula is C20H22N2O4. The van der Waals surface area contributed by atoms with Crippen molar-refractivity contribution in [2.24, 2.45) is 11.7 Å². The zero-order valence-corrected chi connectivity index (χ0v) is 15.1. The molecule has 0 saturated heterocycles. The zero-order valence-electron chi connectivity index (χ0n) is 15.1. The molecule has 0 aliphatic carbocycles. The van der Waals surface area contributed by atoms with Gasteiger partial charge in [-0.15, -0.1) is 0 Å². The van der Waals surface area contributed by atoms with Gasteiger partial charge in [0.15, 0.2) is 5.75 Å². The van der Waals surface area contributed by atoms with Gasteiger partial charge < -0.3 is 20.1 Å². The van der Waals surface area contributed by atoms with Gasteiger partial charge in [-0.3, -0.25) is 4.79 Å². The average Bonchev–Trinajstić information content (AvgIpc) is 2.70. The minimum atomic E-state index is -0.910. The molecule has 0 radical (unpaired) electrons. The standard InChI is InChI=1S/C20H22N2O4/c1-4-22-14-7-5-6-8-16(14)25-17-10-9-15(26-20(21)24)13(11-12(2)3)18(17)19(22)23/h5-10,12H,4,11H2,1-3H3,(H2,21,24). The number of ether oxygens (including phenoxy) is 2. The summed E-state index contributed by atoms with van der Waals surface area (Å²) in [5.41, 5.74) is 6.96. The first-order chi connectivity index (χ1) is 12.4. The molecule has 0 atom stereocenters. The lowest BCUT2D eigenvalue weighted by Gasteiger charge is -2.22. The number of primary amides is 1. The van der Waals surface area contributed by atoms with Gasteiger partial charge >= 0.3 is 6.09 Å². The van der Waals surface area contributed by atoms with Crippen LogP contribution in [0.4, 0.5) is 10.5 Å². The van der Waals surface area contributed by atoms with Crippen LogP contribution in [-0.4, -0.2) is 18.5 Å². The number of amides is 2. The topological polar surface area (TPSA) is 81.9 Å². The maximum absolute atomic E-state index is 13.3. The van der Waals surface area contributed by atoms with Crippen molar-refractivity contribution < 1.29 is 19.1 Å². The summed E-state index contributed by atoms with van der Waals surface area (Å²) < 4.78 is 11.2. The first-order valence-electron chi connectivity index (χ1n) is 8.64. The van der Waals surface area contributed by atoms with Crippen LogP contribution >= 0.6 is 0 Å². The number of benzene rings is 2. The van der Waals surface area contributed by atoms with Gasteiger partial charge in [0.25, 0.3) is 5.91 Å². The highest BCUT2D eigenvalue weighted by Gasteiger charge is 2.31. The van der Waals surface area contributed by atoms with E-state index in [2.05, 4.69) is 0 Å². The van der Waals surface area contributed by atoms with Crippen molar-refractivity contribution >= 4 is 17.7 Å². The first kappa shape index (κ1) is 17.8. The maximum atomic E-state index is 13.3. The molecule has 0 unspecified atom stereocenters. The van der Waals surface area contributed by atoms with Gasteiger partial charge in [-0.25, -0.2) is 4.79 Å². The van der Waals surface area contributed by atoms with Crippen molar-refractivity contribution in [1.29, 1.82) is 0 Å². The second-order valence-electron chi connectivity index (χ2n) is 6.55. The molecule has 1 heterocycles. The number of hydrogen-bond donors (Lipinski definition) is 1. The summed E-state index contributed by atoms with van der Waals surface area (Å²) in [6, 6.07) is 10.7. The monoisotopic (exact) mass is 354 g/mol. The molecule has 2 amide bonds. The Morgan fingerprint density at radius 3 is 2.58 bits per heavy atom. The van der Waals surface area contributed by atoms with E-state index in [-0.39, 0.29) is 11.8 Å². The van der Waals surface area contributed by atoms with E-state index >= 15 is 0 Å². The third-order valence-corrected chi connectivity index (χ3v) is 4.21. The molecule has 6 nitrogen and oxygen atoms in total. The number of rotatable bonds is 4. The van der Waals surface area contributed by atoms with E-state index in [1.165, 1.54) is 0 Å². The lowest BCUT2D eigenvalue weighted by atomic mass is 9.95. The summed E-state index contributed by atoms with van der Waals surface area (Å²) in [4.78, 5) is 26.3. The van der Waals surface area contributed by atoms with Crippen LogP contribution in [0.3, 0.4) is 0 Å². The Hall–Kier alpha value is -3.02. The molecule has 2 aromatic carbocycles. The molecule has 26 heavy (non-hydrogen) atoms. The molecule has 136 valence electrons. The molecular weight excluding hydrogens is 332 g/mol. The SMILES string of the molecule is CCN1C(=O)c2c(ccc(OC(N)=O)c2CC(C)C)Oc2ccccc21. The van der Waals surface area contributed by atoms with Gasteiger partial charge in [-0.1, -0.05) is 26.0 Å². The van der Waals surface area contributed by atoms with Crippen LogP contribution in [0.15, 0.2) is 36.4 Å². The molecule has 0 saturated carbocycles. The predicted octanol–water partition coefficient (Wildman–Crippen LogP) is 4.12. The number of nitrogens with two attached hydrogens (primary N) is 1. The van der Waals surface area contributed by atoms with Crippen LogP contribution < -0.4 is 20.1 Å². The van der Waals surface area contributed by atoms with Crippen LogP contribution in [0, 0.1) is 5.92 Å². The summed E-state index contributed by atoms with van der Waals surface area (Å²) in [6.07, 6.45) is -0.359. The number of carbonyl (C=O) groups is 2. The van der Waals surface area contributed by atoms with E-state index in [9.17, 15) is 9.59 Å². The second kappa shape index (κ2) is 7.07. The number of carbonyl (C=O) groups excluding carboxylic acids is 2. The number of nitrogens with zero attached hydrogens (tertiary/aromatic N) is 1. The highest BCUT2D eigenvalue weighted by molar-refractivity contribution is 6.11. The van der Waals surface area contributed by atoms with E-state index < -0.39 is 6.09 Å². The summed E-state index contributed by atoms with van der Waals surface area (Å²) >= 11 is 0. The number of fused-ring (bicyclic) bond motifs is 2. The van der Waals surface area contributed by atoms with Crippen LogP contribution in [0.25, 0.3) is 0 Å². The number of hydrogen-bond acceptors (Lipinski definition) is 4. The fourth-order valence-corrected chi connectivity index (χ4v) is 3.18. The third kappa shape index (κ3) is 3.22. The molecule has 0 bridgehead atoms. The van der Waals surface area contributed by atoms with Crippen LogP contribution in [0.5, 0.6) is 17.2 Å².